The third-order valence-electron chi connectivity index (χ3n) is 24.9. The molecule has 0 atom stereocenters. The normalized spacial score (nSPS) is 16.0. The van der Waals surface area contributed by atoms with E-state index in [2.05, 4.69) is 61.8 Å². The molecule has 0 saturated heterocycles. The molecule has 0 aliphatic heterocycles. The van der Waals surface area contributed by atoms with E-state index >= 15 is 9.59 Å². The maximum absolute atomic E-state index is 15.1. The van der Waals surface area contributed by atoms with Gasteiger partial charge in [0.25, 0.3) is 92.1 Å². The lowest BCUT2D eigenvalue weighted by Crippen LogP contribution is -2.30. The molecule has 4 aliphatic rings. The topological polar surface area (TPSA) is 715 Å². The first kappa shape index (κ1) is 100. The zero-order valence-electron chi connectivity index (χ0n) is 74.4. The van der Waals surface area contributed by atoms with Crippen molar-refractivity contribution in [1.29, 1.82) is 0 Å². The van der Waals surface area contributed by atoms with Crippen molar-refractivity contribution in [2.24, 2.45) is 25.9 Å². The van der Waals surface area contributed by atoms with Crippen LogP contribution in [0.5, 0.6) is 23.5 Å². The fourth-order valence-corrected chi connectivity index (χ4v) is 23.1. The highest BCUT2D eigenvalue weighted by molar-refractivity contribution is 7.88. The highest BCUT2D eigenvalue weighted by Crippen LogP contribution is 2.50. The summed E-state index contributed by atoms with van der Waals surface area (Å²) in [6.07, 6.45) is 5.04. The van der Waals surface area contributed by atoms with Crippen molar-refractivity contribution < 1.29 is 132 Å². The van der Waals surface area contributed by atoms with Crippen LogP contribution in [0, 0.1) is 11.8 Å². The first-order valence-electron chi connectivity index (χ1n) is 43.0. The van der Waals surface area contributed by atoms with E-state index in [4.69, 9.17) is 9.47 Å². The maximum Gasteiger partial charge on any atom is 0.328 e. The van der Waals surface area contributed by atoms with Gasteiger partial charge < -0.3 is 50.5 Å². The number of fused-ring (bicyclic) bond motifs is 4. The monoisotopic (exact) mass is 2130 g/mol. The van der Waals surface area contributed by atoms with E-state index in [1.807, 2.05) is 0 Å². The predicted molar refractivity (Wildman–Crippen MR) is 516 cm³/mol. The highest BCUT2D eigenvalue weighted by atomic mass is 32.2. The van der Waals surface area contributed by atoms with Crippen LogP contribution in [0.4, 0.5) is 57.9 Å². The highest BCUT2D eigenvalue weighted by Gasteiger charge is 2.40. The van der Waals surface area contributed by atoms with E-state index in [1.54, 1.807) is 0 Å². The second-order valence-corrected chi connectivity index (χ2v) is 45.3. The summed E-state index contributed by atoms with van der Waals surface area (Å²) in [6, 6.07) is 33.6. The Morgan fingerprint density at radius 1 is 0.324 bits per heavy atom. The standard InChI is InChI=1S/C91H74N14O32S8/c1-104-66-35-33-60(74-76(66)72(56-13-3-5-15-58(56)82(74)108)78(84(104)110)80(106)46-9-7-11-54(38-46)140(118,119)120)94-62-40-64(70(144(130,131)132)42-68(62)142(124,125)126)96-88-98-86(100-90(102-88)136-50-25-29-52(30-26-50)138(112,113)114)92-48-21-17-44(18-22-48)37-45-19-23-49(24-20-45)93-87-99-89(103-91(101-87)137-51-27-31-53(32-28-51)139(115,116)117)97-65-41-63(69(143(127,128)129)43-71(65)145(133,134)135)95-61-34-36-67-77-73(57-14-4-6-16-59(57)83(109)75(61)77)79(85(111)105(67)2)81(107)47-10-8-12-55(39-47)141(121,122)123/h3-16,25-36,38-45,48-49,94-95H,17-24,37H2,1-2H3,(H,112,113,114)(H,115,116,117)(H,118,119,120)(H,121,122,123)(H,124,125,126)(H,127,128,129)(H,130,131,132)(H,133,134,135)(H2,92,96,98,100,102)(H2,93,97,99,101,103). The van der Waals surface area contributed by atoms with Crippen LogP contribution in [0.2, 0.25) is 0 Å². The molecule has 0 unspecified atom stereocenters. The van der Waals surface area contributed by atoms with Crippen LogP contribution in [0.25, 0.3) is 44.1 Å². The molecule has 0 amide bonds. The summed E-state index contributed by atoms with van der Waals surface area (Å²) in [6.45, 7) is 0. The smallest absolute Gasteiger partial charge is 0.328 e. The molecule has 748 valence electrons. The van der Waals surface area contributed by atoms with Crippen molar-refractivity contribution >= 4 is 184 Å². The number of rotatable bonds is 30. The predicted octanol–water partition coefficient (Wildman–Crippen LogP) is 12.2. The van der Waals surface area contributed by atoms with Crippen molar-refractivity contribution in [2.45, 2.75) is 109 Å². The molecule has 2 fully saturated rings. The van der Waals surface area contributed by atoms with E-state index < -0.39 is 224 Å². The Morgan fingerprint density at radius 2 is 0.641 bits per heavy atom. The Kier molecular flexibility index (Phi) is 25.8. The van der Waals surface area contributed by atoms with Crippen LogP contribution in [-0.4, -0.2) is 178 Å². The molecule has 54 heteroatoms. The molecular formula is C91H74N14O32S8. The molecule has 145 heavy (non-hydrogen) atoms. The number of nitrogens with zero attached hydrogens (tertiary/aromatic N) is 8. The summed E-state index contributed by atoms with van der Waals surface area (Å²) in [7, 11) is -39.1. The lowest BCUT2D eigenvalue weighted by Gasteiger charge is -2.34. The molecular weight excluding hydrogens is 2060 g/mol. The molecule has 46 nitrogen and oxygen atoms in total. The van der Waals surface area contributed by atoms with Crippen molar-refractivity contribution in [3.63, 3.8) is 0 Å². The number of hydrogen-bond acceptors (Lipinski definition) is 36. The zero-order chi connectivity index (χ0) is 104. The minimum absolute atomic E-state index is 0.0240. The van der Waals surface area contributed by atoms with Crippen LogP contribution in [0.3, 0.4) is 0 Å². The number of hydrogen-bond donors (Lipinski definition) is 14. The van der Waals surface area contributed by atoms with Gasteiger partial charge in [-0.15, -0.1) is 0 Å². The number of benzene rings is 10. The average molecular weight is 2130 g/mol. The Morgan fingerprint density at radius 3 is 0.966 bits per heavy atom. The van der Waals surface area contributed by atoms with E-state index in [-0.39, 0.29) is 124 Å². The first-order valence-corrected chi connectivity index (χ1v) is 54.5. The van der Waals surface area contributed by atoms with Gasteiger partial charge in [-0.2, -0.15) is 97.2 Å². The number of pyridine rings is 2. The largest absolute Gasteiger partial charge is 0.424 e. The third-order valence-corrected chi connectivity index (χ3v) is 31.9. The molecule has 18 rings (SSSR count). The number of anilines is 10. The van der Waals surface area contributed by atoms with Crippen molar-refractivity contribution in [3.8, 4) is 45.8 Å². The number of ether oxygens (including phenoxy) is 2. The number of nitrogens with one attached hydrogen (secondary N) is 6. The number of aromatic nitrogens is 8. The van der Waals surface area contributed by atoms with Gasteiger partial charge in [0.15, 0.2) is 23.1 Å². The fourth-order valence-electron chi connectivity index (χ4n) is 18.3. The molecule has 0 radical (unpaired) electrons. The maximum atomic E-state index is 15.1. The lowest BCUT2D eigenvalue weighted by molar-refractivity contribution is 0.102. The summed E-state index contributed by atoms with van der Waals surface area (Å²) in [5.41, 5.74) is -8.22. The van der Waals surface area contributed by atoms with Crippen LogP contribution in [0.15, 0.2) is 243 Å². The molecule has 4 aromatic heterocycles. The molecule has 0 spiro atoms. The summed E-state index contributed by atoms with van der Waals surface area (Å²) < 4.78 is 303. The summed E-state index contributed by atoms with van der Waals surface area (Å²) in [4.78, 5) is 108. The van der Waals surface area contributed by atoms with Crippen LogP contribution in [-0.2, 0) is 95.0 Å². The summed E-state index contributed by atoms with van der Waals surface area (Å²) in [5.74, 6) is -5.40. The fraction of sp³-hybridized carbons (Fsp3) is 0.165. The molecule has 4 aliphatic carbocycles. The molecule has 4 heterocycles. The van der Waals surface area contributed by atoms with Gasteiger partial charge in [0.1, 0.15) is 31.1 Å². The van der Waals surface area contributed by atoms with Gasteiger partial charge >= 0.3 is 12.0 Å². The van der Waals surface area contributed by atoms with E-state index in [0.29, 0.717) is 63.5 Å². The van der Waals surface area contributed by atoms with Crippen LogP contribution < -0.4 is 52.5 Å². The minimum atomic E-state index is -5.59. The Labute approximate surface area is 821 Å². The number of aryl methyl sites for hydroxylation is 2. The zero-order valence-corrected chi connectivity index (χ0v) is 80.9. The Balaban J connectivity index is 0.608. The molecule has 2 saturated carbocycles. The van der Waals surface area contributed by atoms with Gasteiger partial charge in [0.05, 0.1) is 87.0 Å². The van der Waals surface area contributed by atoms with Gasteiger partial charge in [-0.3, -0.25) is 65.2 Å². The van der Waals surface area contributed by atoms with Crippen molar-refractivity contribution in [1.82, 2.24) is 39.0 Å². The first-order chi connectivity index (χ1) is 68.2. The van der Waals surface area contributed by atoms with Gasteiger partial charge in [-0.1, -0.05) is 72.8 Å². The van der Waals surface area contributed by atoms with Gasteiger partial charge in [0.2, 0.25) is 23.8 Å². The summed E-state index contributed by atoms with van der Waals surface area (Å²) in [5, 5.41) is 17.2. The Hall–Kier alpha value is -15.0. The number of carbonyl (C=O) groups is 4. The SMILES string of the molecule is Cn1c(=O)c(C(=O)c2cccc(S(=O)(=O)O)c2)c2c3c(c(Nc4cc(Nc5nc(NC6CCC(CC7CCC(Nc8nc(Nc9cc(Nc%10ccc%11c%12c%10C(=O)c%10ccccc%10-c%12c(C(=O)c%10cccc(S(=O)(=O)O)c%10)c(=O)n%11C)c(S(=O)(=O)O)cc9S(=O)(=O)O)nc(Oc9ccc(S(=O)(=O)O)cc9)n8)CC7)CC6)nc(Oc6ccc(S(=O)(=O)O)cc6)n5)c(S(=O)(=O)O)cc4S(=O)(=O)O)ccc31)C(=O)c1ccccc1-2. The number of ketones is 4. The van der Waals surface area contributed by atoms with E-state index in [9.17, 15) is 123 Å². The van der Waals surface area contributed by atoms with Gasteiger partial charge in [0, 0.05) is 70.3 Å². The van der Waals surface area contributed by atoms with Crippen molar-refractivity contribution in [3.05, 3.63) is 259 Å². The van der Waals surface area contributed by atoms with E-state index in [1.165, 1.54) is 99.0 Å². The van der Waals surface area contributed by atoms with Crippen LogP contribution in [0.1, 0.15) is 121 Å². The average Bonchev–Trinajstić information content (AvgIpc) is 0.706. The quantitative estimate of drug-likeness (QED) is 0.0147. The van der Waals surface area contributed by atoms with Gasteiger partial charge in [-0.25, -0.2) is 0 Å². The molecule has 14 aromatic rings. The molecule has 10 aromatic carbocycles. The lowest BCUT2D eigenvalue weighted by atomic mass is 9.75. The Bertz CT molecular complexity index is 8610. The second-order valence-electron chi connectivity index (χ2n) is 34.1. The molecule has 14 N–H and O–H groups in total. The third kappa shape index (κ3) is 20.2. The minimum Gasteiger partial charge on any atom is -0.424 e. The number of carbonyl (C=O) groups excluding carboxylic acids is 4. The van der Waals surface area contributed by atoms with Crippen molar-refractivity contribution in [2.75, 3.05) is 31.9 Å². The van der Waals surface area contributed by atoms with Crippen LogP contribution >= 0.6 is 0 Å². The summed E-state index contributed by atoms with van der Waals surface area (Å²) >= 11 is 0. The van der Waals surface area contributed by atoms with Gasteiger partial charge in [-0.05, 0) is 202 Å². The van der Waals surface area contributed by atoms with E-state index in [0.717, 1.165) is 113 Å². The molecule has 0 bridgehead atoms. The second kappa shape index (κ2) is 37.3.